The number of fused-ring (bicyclic) bond motifs is 1. The van der Waals surface area contributed by atoms with Crippen LogP contribution in [0.15, 0.2) is 16.9 Å². The van der Waals surface area contributed by atoms with Gasteiger partial charge in [-0.25, -0.2) is 4.98 Å². The van der Waals surface area contributed by atoms with Gasteiger partial charge in [0.25, 0.3) is 5.56 Å². The van der Waals surface area contributed by atoms with E-state index in [0.29, 0.717) is 28.5 Å². The summed E-state index contributed by atoms with van der Waals surface area (Å²) in [6.07, 6.45) is 4.87. The lowest BCUT2D eigenvalue weighted by molar-refractivity contribution is 0.419. The molecule has 1 saturated carbocycles. The van der Waals surface area contributed by atoms with Crippen molar-refractivity contribution in [1.29, 1.82) is 0 Å². The van der Waals surface area contributed by atoms with Crippen LogP contribution in [0.3, 0.4) is 0 Å². The van der Waals surface area contributed by atoms with Gasteiger partial charge in [0, 0.05) is 17.8 Å². The summed E-state index contributed by atoms with van der Waals surface area (Å²) in [4.78, 5) is 19.2. The second kappa shape index (κ2) is 5.93. The molecule has 1 fully saturated rings. The van der Waals surface area contributed by atoms with Crippen molar-refractivity contribution in [2.24, 2.45) is 0 Å². The van der Waals surface area contributed by atoms with Gasteiger partial charge in [0.05, 0.1) is 18.5 Å². The molecule has 2 N–H and O–H groups in total. The summed E-state index contributed by atoms with van der Waals surface area (Å²) in [6, 6.07) is 4.24. The Morgan fingerprint density at radius 2 is 2.19 bits per heavy atom. The van der Waals surface area contributed by atoms with E-state index in [4.69, 9.17) is 16.3 Å². The van der Waals surface area contributed by atoms with E-state index in [2.05, 4.69) is 15.3 Å². The molecule has 3 rings (SSSR count). The normalized spacial score (nSPS) is 15.5. The fraction of sp³-hybridized carbons (Fsp3) is 0.467. The van der Waals surface area contributed by atoms with Gasteiger partial charge < -0.3 is 15.0 Å². The Kier molecular flexibility index (Phi) is 4.01. The minimum atomic E-state index is -0.222. The van der Waals surface area contributed by atoms with Crippen molar-refractivity contribution in [3.8, 4) is 5.75 Å². The molecule has 2 aromatic rings. The Bertz CT molecular complexity index is 708. The van der Waals surface area contributed by atoms with Gasteiger partial charge in [0.15, 0.2) is 0 Å². The number of methoxy groups -OCH3 is 1. The minimum Gasteiger partial charge on any atom is -0.496 e. The first-order valence-electron chi connectivity index (χ1n) is 7.14. The third kappa shape index (κ3) is 2.83. The number of nitrogens with one attached hydrogen (secondary N) is 2. The second-order valence-corrected chi connectivity index (χ2v) is 5.61. The average molecular weight is 308 g/mol. The summed E-state index contributed by atoms with van der Waals surface area (Å²) in [5.41, 5.74) is 1.32. The van der Waals surface area contributed by atoms with Crippen molar-refractivity contribution in [3.05, 3.63) is 28.3 Å². The number of hydrogen-bond acceptors (Lipinski definition) is 4. The molecule has 0 spiro atoms. The summed E-state index contributed by atoms with van der Waals surface area (Å²) in [5.74, 6) is 1.17. The van der Waals surface area contributed by atoms with Gasteiger partial charge in [-0.2, -0.15) is 0 Å². The van der Waals surface area contributed by atoms with Gasteiger partial charge in [-0.3, -0.25) is 4.79 Å². The van der Waals surface area contributed by atoms with E-state index in [0.717, 1.165) is 5.69 Å². The van der Waals surface area contributed by atoms with Crippen LogP contribution in [0.1, 0.15) is 31.5 Å². The Labute approximate surface area is 127 Å². The van der Waals surface area contributed by atoms with Crippen molar-refractivity contribution in [2.75, 3.05) is 12.4 Å². The molecule has 1 aliphatic carbocycles. The highest BCUT2D eigenvalue weighted by Crippen LogP contribution is 2.29. The van der Waals surface area contributed by atoms with Crippen LogP contribution in [0.25, 0.3) is 10.9 Å². The third-order valence-corrected chi connectivity index (χ3v) is 4.15. The quantitative estimate of drug-likeness (QED) is 0.852. The van der Waals surface area contributed by atoms with Crippen LogP contribution >= 0.6 is 11.6 Å². The van der Waals surface area contributed by atoms with Crippen LogP contribution in [-0.4, -0.2) is 23.1 Å². The molecule has 0 saturated heterocycles. The second-order valence-electron chi connectivity index (χ2n) is 5.34. The Morgan fingerprint density at radius 1 is 1.43 bits per heavy atom. The molecular weight excluding hydrogens is 290 g/mol. The lowest BCUT2D eigenvalue weighted by atomic mass is 10.1. The standard InChI is InChI=1S/C15H18ClN3O2/c1-21-12-7-10(17-9-4-2-3-5-9)6-11-14(12)15(20)19-13(8-16)18-11/h6-7,9,17H,2-5,8H2,1H3,(H,18,19,20). The maximum absolute atomic E-state index is 12.1. The zero-order chi connectivity index (χ0) is 14.8. The molecule has 0 unspecified atom stereocenters. The summed E-state index contributed by atoms with van der Waals surface area (Å²) in [6.45, 7) is 0. The van der Waals surface area contributed by atoms with Crippen molar-refractivity contribution in [2.45, 2.75) is 37.6 Å². The maximum atomic E-state index is 12.1. The number of aromatic amines is 1. The van der Waals surface area contributed by atoms with Crippen LogP contribution in [0.4, 0.5) is 5.69 Å². The van der Waals surface area contributed by atoms with Gasteiger partial charge in [0.1, 0.15) is 17.0 Å². The highest BCUT2D eigenvalue weighted by Gasteiger charge is 2.17. The fourth-order valence-corrected chi connectivity index (χ4v) is 3.02. The highest BCUT2D eigenvalue weighted by molar-refractivity contribution is 6.16. The molecular formula is C15H18ClN3O2. The molecule has 1 aliphatic rings. The van der Waals surface area contributed by atoms with Crippen LogP contribution in [-0.2, 0) is 5.88 Å². The molecule has 0 atom stereocenters. The lowest BCUT2D eigenvalue weighted by Crippen LogP contribution is -2.16. The van der Waals surface area contributed by atoms with Crippen molar-refractivity contribution in [1.82, 2.24) is 9.97 Å². The van der Waals surface area contributed by atoms with Gasteiger partial charge in [-0.05, 0) is 18.9 Å². The zero-order valence-corrected chi connectivity index (χ0v) is 12.7. The Hall–Kier alpha value is -1.75. The van der Waals surface area contributed by atoms with E-state index < -0.39 is 0 Å². The zero-order valence-electron chi connectivity index (χ0n) is 11.9. The van der Waals surface area contributed by atoms with Gasteiger partial charge >= 0.3 is 0 Å². The number of aromatic nitrogens is 2. The highest BCUT2D eigenvalue weighted by atomic mass is 35.5. The van der Waals surface area contributed by atoms with Crippen LogP contribution < -0.4 is 15.6 Å². The molecule has 112 valence electrons. The molecule has 1 aromatic heterocycles. The Balaban J connectivity index is 2.08. The first-order valence-corrected chi connectivity index (χ1v) is 7.68. The third-order valence-electron chi connectivity index (χ3n) is 3.89. The predicted octanol–water partition coefficient (Wildman–Crippen LogP) is 3.03. The summed E-state index contributed by atoms with van der Waals surface area (Å²) >= 11 is 5.77. The largest absolute Gasteiger partial charge is 0.496 e. The van der Waals surface area contributed by atoms with E-state index in [1.54, 1.807) is 7.11 Å². The van der Waals surface area contributed by atoms with E-state index in [-0.39, 0.29) is 11.4 Å². The fourth-order valence-electron chi connectivity index (χ4n) is 2.90. The number of alkyl halides is 1. The molecule has 5 nitrogen and oxygen atoms in total. The molecule has 0 bridgehead atoms. The van der Waals surface area contributed by atoms with E-state index >= 15 is 0 Å². The first kappa shape index (κ1) is 14.2. The number of halogens is 1. The molecule has 1 aromatic carbocycles. The van der Waals surface area contributed by atoms with Gasteiger partial charge in [-0.15, -0.1) is 11.6 Å². The average Bonchev–Trinajstić information content (AvgIpc) is 2.98. The van der Waals surface area contributed by atoms with Crippen molar-refractivity contribution in [3.63, 3.8) is 0 Å². The number of ether oxygens (including phenoxy) is 1. The van der Waals surface area contributed by atoms with E-state index in [1.807, 2.05) is 12.1 Å². The van der Waals surface area contributed by atoms with Gasteiger partial charge in [-0.1, -0.05) is 12.8 Å². The summed E-state index contributed by atoms with van der Waals surface area (Å²) in [5, 5.41) is 3.96. The smallest absolute Gasteiger partial charge is 0.262 e. The summed E-state index contributed by atoms with van der Waals surface area (Å²) < 4.78 is 5.35. The van der Waals surface area contributed by atoms with Crippen LogP contribution in [0.5, 0.6) is 5.75 Å². The lowest BCUT2D eigenvalue weighted by Gasteiger charge is -2.15. The van der Waals surface area contributed by atoms with Crippen molar-refractivity contribution >= 4 is 28.2 Å². The molecule has 6 heteroatoms. The minimum absolute atomic E-state index is 0.174. The number of anilines is 1. The summed E-state index contributed by atoms with van der Waals surface area (Å²) in [7, 11) is 1.56. The number of H-pyrrole nitrogens is 1. The topological polar surface area (TPSA) is 67.0 Å². The molecule has 0 radical (unpaired) electrons. The molecule has 0 aliphatic heterocycles. The van der Waals surface area contributed by atoms with E-state index in [9.17, 15) is 4.79 Å². The van der Waals surface area contributed by atoms with Gasteiger partial charge in [0.2, 0.25) is 0 Å². The number of nitrogens with zero attached hydrogens (tertiary/aromatic N) is 1. The molecule has 21 heavy (non-hydrogen) atoms. The van der Waals surface area contributed by atoms with Crippen molar-refractivity contribution < 1.29 is 4.74 Å². The maximum Gasteiger partial charge on any atom is 0.262 e. The number of benzene rings is 1. The van der Waals surface area contributed by atoms with E-state index in [1.165, 1.54) is 25.7 Å². The number of hydrogen-bond donors (Lipinski definition) is 2. The Morgan fingerprint density at radius 3 is 2.86 bits per heavy atom. The first-order chi connectivity index (χ1) is 10.2. The monoisotopic (exact) mass is 307 g/mol. The van der Waals surface area contributed by atoms with Crippen LogP contribution in [0.2, 0.25) is 0 Å². The SMILES string of the molecule is COc1cc(NC2CCCC2)cc2nc(CCl)[nH]c(=O)c12. The molecule has 0 amide bonds. The molecule has 1 heterocycles. The predicted molar refractivity (Wildman–Crippen MR) is 84.4 cm³/mol. The number of rotatable bonds is 4. The van der Waals surface area contributed by atoms with Crippen LogP contribution in [0, 0.1) is 0 Å².